The van der Waals surface area contributed by atoms with Crippen molar-refractivity contribution in [1.29, 1.82) is 0 Å². The van der Waals surface area contributed by atoms with Crippen molar-refractivity contribution in [2.24, 2.45) is 0 Å². The lowest BCUT2D eigenvalue weighted by molar-refractivity contribution is 1.18. The van der Waals surface area contributed by atoms with Gasteiger partial charge in [-0.25, -0.2) is 4.98 Å². The van der Waals surface area contributed by atoms with Gasteiger partial charge in [-0.3, -0.25) is 9.97 Å². The summed E-state index contributed by atoms with van der Waals surface area (Å²) in [5, 5.41) is 3.82. The number of aromatic nitrogens is 4. The fourth-order valence-electron chi connectivity index (χ4n) is 7.29. The minimum atomic E-state index is 0.907. The highest BCUT2D eigenvalue weighted by molar-refractivity contribution is 7.23. The largest absolute Gasteiger partial charge is 0.309 e. The predicted molar refractivity (Wildman–Crippen MR) is 217 cm³/mol. The van der Waals surface area contributed by atoms with Crippen LogP contribution >= 0.6 is 11.3 Å². The second-order valence-corrected chi connectivity index (χ2v) is 14.0. The van der Waals surface area contributed by atoms with E-state index in [1.165, 1.54) is 42.3 Å². The molecule has 0 unspecified atom stereocenters. The molecule has 5 heterocycles. The van der Waals surface area contributed by atoms with Gasteiger partial charge in [-0.05, 0) is 99.9 Å². The summed E-state index contributed by atoms with van der Waals surface area (Å²) in [5.41, 5.74) is 13.2. The van der Waals surface area contributed by atoms with Crippen LogP contribution in [0.4, 0.5) is 0 Å². The van der Waals surface area contributed by atoms with Crippen LogP contribution in [0, 0.1) is 0 Å². The van der Waals surface area contributed by atoms with E-state index in [9.17, 15) is 0 Å². The molecule has 0 amide bonds. The smallest absolute Gasteiger partial charge is 0.0716 e. The first-order chi connectivity index (χ1) is 25.8. The molecule has 244 valence electrons. The van der Waals surface area contributed by atoms with E-state index in [1.807, 2.05) is 60.4 Å². The van der Waals surface area contributed by atoms with E-state index in [0.717, 1.165) is 50.5 Å². The second kappa shape index (κ2) is 12.6. The molecule has 4 nitrogen and oxygen atoms in total. The summed E-state index contributed by atoms with van der Waals surface area (Å²) < 4.78 is 3.72. The molecule has 0 N–H and O–H groups in total. The van der Waals surface area contributed by atoms with Crippen LogP contribution in [0.5, 0.6) is 0 Å². The van der Waals surface area contributed by atoms with E-state index in [4.69, 9.17) is 4.98 Å². The third-order valence-electron chi connectivity index (χ3n) is 9.81. The third kappa shape index (κ3) is 5.27. The molecule has 0 radical (unpaired) electrons. The van der Waals surface area contributed by atoms with Gasteiger partial charge in [0.05, 0.1) is 22.4 Å². The van der Waals surface area contributed by atoms with Gasteiger partial charge in [0, 0.05) is 62.0 Å². The standard InChI is InChI=1S/C47H30N4S/c1-2-7-35(8-3-1)45-30-37-17-18-44-46(47(37)52-45)40-11-4-5-12-43(40)51(44)39-10-6-9-36(27-39)42-29-38(28-41(50-42)34-21-25-49-26-22-34)32-15-13-31(14-16-32)33-19-23-48-24-20-33/h1-30H. The zero-order chi connectivity index (χ0) is 34.4. The first kappa shape index (κ1) is 30.2. The van der Waals surface area contributed by atoms with Crippen LogP contribution in [-0.2, 0) is 0 Å². The van der Waals surface area contributed by atoms with E-state index >= 15 is 0 Å². The SMILES string of the molecule is c1ccc(-c2cc3ccc4c(c5ccccc5n4-c4cccc(-c5cc(-c6ccc(-c7ccncc7)cc6)cc(-c6ccncc6)n5)c4)c3s2)cc1. The molecule has 5 aromatic carbocycles. The summed E-state index contributed by atoms with van der Waals surface area (Å²) in [6.45, 7) is 0. The van der Waals surface area contributed by atoms with Crippen molar-refractivity contribution in [1.82, 2.24) is 19.5 Å². The van der Waals surface area contributed by atoms with Crippen molar-refractivity contribution >= 4 is 43.2 Å². The normalized spacial score (nSPS) is 11.5. The van der Waals surface area contributed by atoms with Crippen molar-refractivity contribution < 1.29 is 0 Å². The van der Waals surface area contributed by atoms with Crippen LogP contribution in [-0.4, -0.2) is 19.5 Å². The van der Waals surface area contributed by atoms with Crippen molar-refractivity contribution in [3.8, 4) is 60.9 Å². The Morgan fingerprint density at radius 3 is 1.83 bits per heavy atom. The van der Waals surface area contributed by atoms with Gasteiger partial charge in [-0.1, -0.05) is 91.0 Å². The zero-order valence-electron chi connectivity index (χ0n) is 28.0. The summed E-state index contributed by atoms with van der Waals surface area (Å²) in [5.74, 6) is 0. The maximum atomic E-state index is 5.24. The molecular weight excluding hydrogens is 653 g/mol. The first-order valence-corrected chi connectivity index (χ1v) is 18.1. The van der Waals surface area contributed by atoms with Gasteiger partial charge in [0.15, 0.2) is 0 Å². The Kier molecular flexibility index (Phi) is 7.29. The predicted octanol–water partition coefficient (Wildman–Crippen LogP) is 12.5. The van der Waals surface area contributed by atoms with Gasteiger partial charge in [0.2, 0.25) is 0 Å². The highest BCUT2D eigenvalue weighted by atomic mass is 32.1. The van der Waals surface area contributed by atoms with Gasteiger partial charge in [-0.2, -0.15) is 0 Å². The number of pyridine rings is 3. The lowest BCUT2D eigenvalue weighted by atomic mass is 9.98. The summed E-state index contributed by atoms with van der Waals surface area (Å²) in [7, 11) is 0. The molecule has 0 spiro atoms. The number of fused-ring (bicyclic) bond motifs is 5. The second-order valence-electron chi connectivity index (χ2n) is 12.9. The quantitative estimate of drug-likeness (QED) is 0.175. The summed E-state index contributed by atoms with van der Waals surface area (Å²) >= 11 is 1.87. The number of nitrogens with zero attached hydrogens (tertiary/aromatic N) is 4. The van der Waals surface area contributed by atoms with Gasteiger partial charge in [-0.15, -0.1) is 11.3 Å². The fourth-order valence-corrected chi connectivity index (χ4v) is 8.51. The molecule has 5 aromatic heterocycles. The average Bonchev–Trinajstić information content (AvgIpc) is 3.82. The highest BCUT2D eigenvalue weighted by Crippen LogP contribution is 2.43. The number of rotatable bonds is 6. The Hall–Kier alpha value is -6.69. The molecule has 0 aliphatic heterocycles. The Balaban J connectivity index is 1.12. The molecule has 0 bridgehead atoms. The molecule has 0 aliphatic carbocycles. The monoisotopic (exact) mass is 682 g/mol. The molecule has 0 fully saturated rings. The average molecular weight is 683 g/mol. The van der Waals surface area contributed by atoms with Crippen molar-refractivity contribution in [3.63, 3.8) is 0 Å². The van der Waals surface area contributed by atoms with Gasteiger partial charge < -0.3 is 4.57 Å². The summed E-state index contributed by atoms with van der Waals surface area (Å²) in [6, 6.07) is 56.3. The van der Waals surface area contributed by atoms with Crippen LogP contribution in [0.1, 0.15) is 0 Å². The lowest BCUT2D eigenvalue weighted by Crippen LogP contribution is -1.96. The van der Waals surface area contributed by atoms with E-state index in [1.54, 1.807) is 0 Å². The Morgan fingerprint density at radius 1 is 0.423 bits per heavy atom. The molecule has 0 atom stereocenters. The van der Waals surface area contributed by atoms with Crippen LogP contribution in [0.2, 0.25) is 0 Å². The molecule has 0 aliphatic rings. The van der Waals surface area contributed by atoms with Crippen molar-refractivity contribution in [3.05, 3.63) is 183 Å². The topological polar surface area (TPSA) is 43.6 Å². The molecule has 10 aromatic rings. The number of para-hydroxylation sites is 1. The molecule has 5 heteroatoms. The van der Waals surface area contributed by atoms with Crippen molar-refractivity contribution in [2.45, 2.75) is 0 Å². The number of hydrogen-bond acceptors (Lipinski definition) is 4. The van der Waals surface area contributed by atoms with Gasteiger partial charge in [0.1, 0.15) is 0 Å². The van der Waals surface area contributed by atoms with Gasteiger partial charge >= 0.3 is 0 Å². The Morgan fingerprint density at radius 2 is 1.06 bits per heavy atom. The van der Waals surface area contributed by atoms with E-state index in [-0.39, 0.29) is 0 Å². The maximum absolute atomic E-state index is 5.24. The molecule has 0 saturated carbocycles. The zero-order valence-corrected chi connectivity index (χ0v) is 28.8. The van der Waals surface area contributed by atoms with Crippen LogP contribution < -0.4 is 0 Å². The van der Waals surface area contributed by atoms with Gasteiger partial charge in [0.25, 0.3) is 0 Å². The molecular formula is C47H30N4S. The minimum absolute atomic E-state index is 0.907. The van der Waals surface area contributed by atoms with E-state index in [2.05, 4.69) is 148 Å². The lowest BCUT2D eigenvalue weighted by Gasteiger charge is -2.13. The molecule has 52 heavy (non-hydrogen) atoms. The highest BCUT2D eigenvalue weighted by Gasteiger charge is 2.18. The summed E-state index contributed by atoms with van der Waals surface area (Å²) in [6.07, 6.45) is 7.31. The number of benzene rings is 5. The fraction of sp³-hybridized carbons (Fsp3) is 0. The number of thiophene rings is 1. The van der Waals surface area contributed by atoms with Crippen LogP contribution in [0.25, 0.3) is 92.8 Å². The molecule has 0 saturated heterocycles. The van der Waals surface area contributed by atoms with E-state index < -0.39 is 0 Å². The Labute approximate surface area is 305 Å². The van der Waals surface area contributed by atoms with Crippen LogP contribution in [0.3, 0.4) is 0 Å². The first-order valence-electron chi connectivity index (χ1n) is 17.3. The maximum Gasteiger partial charge on any atom is 0.0716 e. The Bertz CT molecular complexity index is 2880. The molecule has 10 rings (SSSR count). The van der Waals surface area contributed by atoms with E-state index in [0.29, 0.717) is 0 Å². The summed E-state index contributed by atoms with van der Waals surface area (Å²) in [4.78, 5) is 15.0. The third-order valence-corrected chi connectivity index (χ3v) is 11.0. The van der Waals surface area contributed by atoms with Crippen molar-refractivity contribution in [2.75, 3.05) is 0 Å². The number of hydrogen-bond donors (Lipinski definition) is 0. The minimum Gasteiger partial charge on any atom is -0.309 e. The van der Waals surface area contributed by atoms with Crippen LogP contribution in [0.15, 0.2) is 183 Å².